The van der Waals surface area contributed by atoms with Crippen molar-refractivity contribution in [2.75, 3.05) is 10.5 Å². The summed E-state index contributed by atoms with van der Waals surface area (Å²) in [5, 5.41) is 0. The van der Waals surface area contributed by atoms with E-state index in [0.29, 0.717) is 11.4 Å². The molecule has 0 aromatic heterocycles. The predicted octanol–water partition coefficient (Wildman–Crippen LogP) is 2.43. The molecule has 1 aromatic carbocycles. The second-order valence-electron chi connectivity index (χ2n) is 5.25. The fourth-order valence-electron chi connectivity index (χ4n) is 1.45. The summed E-state index contributed by atoms with van der Waals surface area (Å²) in [4.78, 5) is 0. The van der Waals surface area contributed by atoms with Crippen LogP contribution < -0.4 is 10.5 Å². The van der Waals surface area contributed by atoms with Gasteiger partial charge in [0.1, 0.15) is 0 Å². The van der Waals surface area contributed by atoms with E-state index in [0.717, 1.165) is 11.1 Å². The summed E-state index contributed by atoms with van der Waals surface area (Å²) in [5.41, 5.74) is 8.62. The molecule has 0 radical (unpaired) electrons. The Labute approximate surface area is 103 Å². The minimum atomic E-state index is -3.40. The van der Waals surface area contributed by atoms with Gasteiger partial charge in [-0.25, -0.2) is 8.42 Å². The molecule has 3 N–H and O–H groups in total. The van der Waals surface area contributed by atoms with Gasteiger partial charge in [-0.3, -0.25) is 4.72 Å². The standard InChI is InChI=1S/C12H20N2O2S/c1-8-6-10(13)7-9(2)11(8)14-17(15,16)12(3,4)5/h6-7,14H,13H2,1-5H3. The first kappa shape index (κ1) is 13.8. The number of rotatable bonds is 2. The van der Waals surface area contributed by atoms with Crippen molar-refractivity contribution in [2.24, 2.45) is 0 Å². The van der Waals surface area contributed by atoms with Crippen LogP contribution in [0.1, 0.15) is 31.9 Å². The second kappa shape index (κ2) is 4.22. The fraction of sp³-hybridized carbons (Fsp3) is 0.500. The smallest absolute Gasteiger partial charge is 0.237 e. The van der Waals surface area contributed by atoms with Crippen LogP contribution in [0.3, 0.4) is 0 Å². The molecular weight excluding hydrogens is 236 g/mol. The molecule has 96 valence electrons. The molecule has 17 heavy (non-hydrogen) atoms. The van der Waals surface area contributed by atoms with Gasteiger partial charge in [0.2, 0.25) is 10.0 Å². The largest absolute Gasteiger partial charge is 0.399 e. The third kappa shape index (κ3) is 2.91. The van der Waals surface area contributed by atoms with Gasteiger partial charge in [-0.1, -0.05) is 0 Å². The lowest BCUT2D eigenvalue weighted by molar-refractivity contribution is 0.566. The van der Waals surface area contributed by atoms with E-state index in [1.165, 1.54) is 0 Å². The van der Waals surface area contributed by atoms with Crippen LogP contribution in [0.25, 0.3) is 0 Å². The predicted molar refractivity (Wildman–Crippen MR) is 72.6 cm³/mol. The lowest BCUT2D eigenvalue weighted by Gasteiger charge is -2.22. The van der Waals surface area contributed by atoms with E-state index < -0.39 is 14.8 Å². The van der Waals surface area contributed by atoms with Crippen molar-refractivity contribution in [3.8, 4) is 0 Å². The molecule has 4 nitrogen and oxygen atoms in total. The summed E-state index contributed by atoms with van der Waals surface area (Å²) >= 11 is 0. The topological polar surface area (TPSA) is 72.2 Å². The number of nitrogens with one attached hydrogen (secondary N) is 1. The van der Waals surface area contributed by atoms with E-state index in [-0.39, 0.29) is 0 Å². The fourth-order valence-corrected chi connectivity index (χ4v) is 2.34. The van der Waals surface area contributed by atoms with Gasteiger partial charge < -0.3 is 5.73 Å². The van der Waals surface area contributed by atoms with E-state index >= 15 is 0 Å². The van der Waals surface area contributed by atoms with Crippen molar-refractivity contribution >= 4 is 21.4 Å². The maximum atomic E-state index is 12.1. The number of nitrogen functional groups attached to an aromatic ring is 1. The van der Waals surface area contributed by atoms with Crippen molar-refractivity contribution < 1.29 is 8.42 Å². The Balaban J connectivity index is 3.22. The average molecular weight is 256 g/mol. The summed E-state index contributed by atoms with van der Waals surface area (Å²) in [6, 6.07) is 3.51. The van der Waals surface area contributed by atoms with Crippen molar-refractivity contribution in [1.82, 2.24) is 0 Å². The van der Waals surface area contributed by atoms with E-state index in [1.807, 2.05) is 13.8 Å². The Morgan fingerprint density at radius 3 is 1.88 bits per heavy atom. The van der Waals surface area contributed by atoms with Crippen LogP contribution in [0.4, 0.5) is 11.4 Å². The first-order valence-corrected chi connectivity index (χ1v) is 6.92. The highest BCUT2D eigenvalue weighted by Gasteiger charge is 2.29. The molecule has 0 saturated carbocycles. The average Bonchev–Trinajstić information content (AvgIpc) is 2.09. The third-order valence-electron chi connectivity index (χ3n) is 2.60. The Bertz CT molecular complexity index is 505. The lowest BCUT2D eigenvalue weighted by atomic mass is 10.1. The maximum absolute atomic E-state index is 12.1. The van der Waals surface area contributed by atoms with Gasteiger partial charge in [0.05, 0.1) is 10.4 Å². The Hall–Kier alpha value is -1.23. The number of aryl methyl sites for hydroxylation is 2. The van der Waals surface area contributed by atoms with Gasteiger partial charge in [0, 0.05) is 5.69 Å². The van der Waals surface area contributed by atoms with Crippen LogP contribution in [-0.2, 0) is 10.0 Å². The van der Waals surface area contributed by atoms with Gasteiger partial charge in [-0.2, -0.15) is 0 Å². The molecule has 0 heterocycles. The number of sulfonamides is 1. The van der Waals surface area contributed by atoms with Gasteiger partial charge in [0.15, 0.2) is 0 Å². The number of benzene rings is 1. The van der Waals surface area contributed by atoms with Crippen LogP contribution in [0.2, 0.25) is 0 Å². The molecule has 0 unspecified atom stereocenters. The molecule has 0 bridgehead atoms. The van der Waals surface area contributed by atoms with Crippen LogP contribution in [-0.4, -0.2) is 13.2 Å². The zero-order valence-electron chi connectivity index (χ0n) is 11.0. The second-order valence-corrected chi connectivity index (χ2v) is 7.68. The third-order valence-corrected chi connectivity index (χ3v) is 4.68. The van der Waals surface area contributed by atoms with Crippen molar-refractivity contribution in [3.63, 3.8) is 0 Å². The molecule has 0 aliphatic heterocycles. The zero-order chi connectivity index (χ0) is 13.4. The molecule has 5 heteroatoms. The van der Waals surface area contributed by atoms with Gasteiger partial charge in [-0.15, -0.1) is 0 Å². The van der Waals surface area contributed by atoms with Crippen LogP contribution >= 0.6 is 0 Å². The molecule has 1 aromatic rings. The molecular formula is C12H20N2O2S. The van der Waals surface area contributed by atoms with Crippen LogP contribution in [0.5, 0.6) is 0 Å². The molecule has 0 atom stereocenters. The van der Waals surface area contributed by atoms with Crippen LogP contribution in [0, 0.1) is 13.8 Å². The highest BCUT2D eigenvalue weighted by molar-refractivity contribution is 7.94. The number of anilines is 2. The monoisotopic (exact) mass is 256 g/mol. The molecule has 1 rings (SSSR count). The quantitative estimate of drug-likeness (QED) is 0.798. The first-order chi connectivity index (χ1) is 7.54. The van der Waals surface area contributed by atoms with E-state index in [4.69, 9.17) is 5.73 Å². The van der Waals surface area contributed by atoms with Crippen LogP contribution in [0.15, 0.2) is 12.1 Å². The zero-order valence-corrected chi connectivity index (χ0v) is 11.8. The maximum Gasteiger partial charge on any atom is 0.237 e. The van der Waals surface area contributed by atoms with Gasteiger partial charge in [-0.05, 0) is 57.9 Å². The molecule has 0 fully saturated rings. The minimum Gasteiger partial charge on any atom is -0.399 e. The van der Waals surface area contributed by atoms with Crippen molar-refractivity contribution in [1.29, 1.82) is 0 Å². The van der Waals surface area contributed by atoms with Crippen molar-refractivity contribution in [2.45, 2.75) is 39.4 Å². The number of hydrogen-bond donors (Lipinski definition) is 2. The normalized spacial score (nSPS) is 12.5. The Morgan fingerprint density at radius 2 is 1.53 bits per heavy atom. The number of hydrogen-bond acceptors (Lipinski definition) is 3. The van der Waals surface area contributed by atoms with Gasteiger partial charge in [0.25, 0.3) is 0 Å². The summed E-state index contributed by atoms with van der Waals surface area (Å²) in [7, 11) is -3.40. The summed E-state index contributed by atoms with van der Waals surface area (Å²) in [6.07, 6.45) is 0. The summed E-state index contributed by atoms with van der Waals surface area (Å²) in [6.45, 7) is 8.67. The van der Waals surface area contributed by atoms with E-state index in [1.54, 1.807) is 32.9 Å². The SMILES string of the molecule is Cc1cc(N)cc(C)c1NS(=O)(=O)C(C)(C)C. The molecule has 0 amide bonds. The number of nitrogens with two attached hydrogens (primary N) is 1. The Kier molecular flexibility index (Phi) is 3.43. The first-order valence-electron chi connectivity index (χ1n) is 5.43. The van der Waals surface area contributed by atoms with E-state index in [9.17, 15) is 8.42 Å². The van der Waals surface area contributed by atoms with Gasteiger partial charge >= 0.3 is 0 Å². The van der Waals surface area contributed by atoms with Crippen molar-refractivity contribution in [3.05, 3.63) is 23.3 Å². The lowest BCUT2D eigenvalue weighted by Crippen LogP contribution is -2.34. The highest BCUT2D eigenvalue weighted by Crippen LogP contribution is 2.27. The Morgan fingerprint density at radius 1 is 1.12 bits per heavy atom. The molecule has 0 saturated heterocycles. The molecule has 0 aliphatic carbocycles. The summed E-state index contributed by atoms with van der Waals surface area (Å²) in [5.74, 6) is 0. The highest BCUT2D eigenvalue weighted by atomic mass is 32.2. The summed E-state index contributed by atoms with van der Waals surface area (Å²) < 4.78 is 25.9. The molecule has 0 aliphatic rings. The molecule has 0 spiro atoms. The minimum absolute atomic E-state index is 0.620. The van der Waals surface area contributed by atoms with E-state index in [2.05, 4.69) is 4.72 Å².